The van der Waals surface area contributed by atoms with E-state index in [0.29, 0.717) is 5.69 Å². The molecule has 0 aliphatic carbocycles. The molecule has 1 aromatic rings. The first kappa shape index (κ1) is 10.9. The van der Waals surface area contributed by atoms with Crippen LogP contribution in [0.1, 0.15) is 5.56 Å². The molecule has 0 heterocycles. The second-order valence-corrected chi connectivity index (χ2v) is 2.86. The molecule has 1 aromatic carbocycles. The van der Waals surface area contributed by atoms with Gasteiger partial charge in [-0.15, -0.1) is 17.0 Å². The number of hydrogen-bond acceptors (Lipinski definition) is 2. The van der Waals surface area contributed by atoms with Crippen molar-refractivity contribution < 1.29 is 5.11 Å². The van der Waals surface area contributed by atoms with Crippen molar-refractivity contribution in [2.45, 2.75) is 6.61 Å². The van der Waals surface area contributed by atoms with E-state index in [1.165, 1.54) is 0 Å². The molecule has 4 heteroatoms. The molecule has 0 bridgehead atoms. The van der Waals surface area contributed by atoms with Gasteiger partial charge in [0.05, 0.1) is 6.61 Å². The molecule has 0 radical (unpaired) electrons. The molecule has 2 nitrogen and oxygen atoms in total. The third-order valence-electron chi connectivity index (χ3n) is 1.24. The molecule has 0 amide bonds. The second kappa shape index (κ2) is 4.74. The molecule has 0 fully saturated rings. The van der Waals surface area contributed by atoms with Crippen molar-refractivity contribution in [3.05, 3.63) is 28.2 Å². The molecule has 0 unspecified atom stereocenters. The fourth-order valence-corrected chi connectivity index (χ4v) is 1.09. The summed E-state index contributed by atoms with van der Waals surface area (Å²) in [7, 11) is 0. The fraction of sp³-hybridized carbons (Fsp3) is 0.143. The summed E-state index contributed by atoms with van der Waals surface area (Å²) < 4.78 is 0.893. The van der Waals surface area contributed by atoms with E-state index < -0.39 is 0 Å². The number of anilines is 1. The van der Waals surface area contributed by atoms with Crippen molar-refractivity contribution in [2.75, 3.05) is 5.73 Å². The molecule has 0 aliphatic heterocycles. The van der Waals surface area contributed by atoms with Gasteiger partial charge in [0, 0.05) is 10.2 Å². The summed E-state index contributed by atoms with van der Waals surface area (Å²) in [5.41, 5.74) is 6.96. The molecule has 1 rings (SSSR count). The number of aliphatic hydroxyl groups excluding tert-OH is 1. The predicted octanol–water partition coefficient (Wildman–Crippen LogP) is 2.10. The monoisotopic (exact) mass is 281 g/mol. The topological polar surface area (TPSA) is 46.2 Å². The van der Waals surface area contributed by atoms with E-state index >= 15 is 0 Å². The van der Waals surface area contributed by atoms with Crippen LogP contribution < -0.4 is 5.73 Å². The molecule has 0 spiro atoms. The van der Waals surface area contributed by atoms with Crippen LogP contribution in [0.15, 0.2) is 22.7 Å². The van der Waals surface area contributed by atoms with Gasteiger partial charge in [-0.25, -0.2) is 0 Å². The zero-order valence-electron chi connectivity index (χ0n) is 5.75. The highest BCUT2D eigenvalue weighted by molar-refractivity contribution is 9.10. The minimum Gasteiger partial charge on any atom is -0.399 e. The van der Waals surface area contributed by atoms with E-state index in [9.17, 15) is 0 Å². The maximum atomic E-state index is 8.76. The molecule has 62 valence electrons. The third-order valence-corrected chi connectivity index (χ3v) is 2.01. The molecule has 0 aliphatic rings. The number of benzene rings is 1. The van der Waals surface area contributed by atoms with E-state index in [4.69, 9.17) is 10.8 Å². The average Bonchev–Trinajstić information content (AvgIpc) is 1.94. The Bertz CT molecular complexity index is 240. The molecule has 3 N–H and O–H groups in total. The Labute approximate surface area is 84.3 Å². The maximum absolute atomic E-state index is 8.76. The Hall–Kier alpha value is -0.0600. The molecule has 0 saturated carbocycles. The Morgan fingerprint density at radius 1 is 1.45 bits per heavy atom. The zero-order chi connectivity index (χ0) is 7.56. The van der Waals surface area contributed by atoms with Crippen LogP contribution in [0.5, 0.6) is 0 Å². The number of halogens is 2. The van der Waals surface area contributed by atoms with Crippen LogP contribution in [0, 0.1) is 0 Å². The van der Waals surface area contributed by atoms with Crippen LogP contribution in [-0.4, -0.2) is 5.11 Å². The lowest BCUT2D eigenvalue weighted by Crippen LogP contribution is -1.89. The van der Waals surface area contributed by atoms with Crippen LogP contribution in [0.4, 0.5) is 5.69 Å². The maximum Gasteiger partial charge on any atom is 0.0693 e. The van der Waals surface area contributed by atoms with Gasteiger partial charge >= 0.3 is 0 Å². The Kier molecular flexibility index (Phi) is 4.72. The van der Waals surface area contributed by atoms with Crippen LogP contribution >= 0.6 is 32.9 Å². The Balaban J connectivity index is 0.000001000. The Morgan fingerprint density at radius 2 is 2.09 bits per heavy atom. The summed E-state index contributed by atoms with van der Waals surface area (Å²) in [4.78, 5) is 0. The number of nitrogens with two attached hydrogens (primary N) is 1. The number of rotatable bonds is 1. The third kappa shape index (κ3) is 2.81. The lowest BCUT2D eigenvalue weighted by atomic mass is 10.2. The van der Waals surface area contributed by atoms with E-state index in [1.54, 1.807) is 12.1 Å². The van der Waals surface area contributed by atoms with E-state index in [-0.39, 0.29) is 23.6 Å². The van der Waals surface area contributed by atoms with Crippen molar-refractivity contribution in [2.24, 2.45) is 0 Å². The minimum absolute atomic E-state index is 0. The standard InChI is InChI=1S/C7H8BrNO.BrH/c8-7-2-1-6(9)3-5(7)4-10;/h1-3,10H,4,9H2;1H. The average molecular weight is 283 g/mol. The summed E-state index contributed by atoms with van der Waals surface area (Å²) >= 11 is 3.28. The number of nitrogen functional groups attached to an aromatic ring is 1. The summed E-state index contributed by atoms with van der Waals surface area (Å²) in [6.45, 7) is 0.0195. The van der Waals surface area contributed by atoms with E-state index in [1.807, 2.05) is 6.07 Å². The number of hydrogen-bond donors (Lipinski definition) is 2. The quantitative estimate of drug-likeness (QED) is 0.775. The molecular formula is C7H9Br2NO. The SMILES string of the molecule is Br.Nc1ccc(Br)c(CO)c1. The van der Waals surface area contributed by atoms with E-state index in [0.717, 1.165) is 10.0 Å². The van der Waals surface area contributed by atoms with Gasteiger partial charge in [0.25, 0.3) is 0 Å². The van der Waals surface area contributed by atoms with Crippen molar-refractivity contribution >= 4 is 38.6 Å². The summed E-state index contributed by atoms with van der Waals surface area (Å²) in [6.07, 6.45) is 0. The van der Waals surface area contributed by atoms with Gasteiger partial charge in [-0.2, -0.15) is 0 Å². The van der Waals surface area contributed by atoms with Gasteiger partial charge in [0.15, 0.2) is 0 Å². The van der Waals surface area contributed by atoms with Gasteiger partial charge in [-0.1, -0.05) is 15.9 Å². The van der Waals surface area contributed by atoms with Crippen molar-refractivity contribution in [3.8, 4) is 0 Å². The van der Waals surface area contributed by atoms with Gasteiger partial charge < -0.3 is 10.8 Å². The first-order valence-electron chi connectivity index (χ1n) is 2.89. The molecule has 0 atom stereocenters. The zero-order valence-corrected chi connectivity index (χ0v) is 9.05. The minimum atomic E-state index is 0. The lowest BCUT2D eigenvalue weighted by Gasteiger charge is -2.00. The van der Waals surface area contributed by atoms with Gasteiger partial charge in [-0.05, 0) is 23.8 Å². The first-order chi connectivity index (χ1) is 4.74. The van der Waals surface area contributed by atoms with Crippen LogP contribution in [0.2, 0.25) is 0 Å². The largest absolute Gasteiger partial charge is 0.399 e. The van der Waals surface area contributed by atoms with Crippen molar-refractivity contribution in [1.82, 2.24) is 0 Å². The molecule has 0 aromatic heterocycles. The molecular weight excluding hydrogens is 274 g/mol. The molecule has 0 saturated heterocycles. The van der Waals surface area contributed by atoms with Crippen LogP contribution in [0.3, 0.4) is 0 Å². The second-order valence-electron chi connectivity index (χ2n) is 2.01. The van der Waals surface area contributed by atoms with Gasteiger partial charge in [0.2, 0.25) is 0 Å². The smallest absolute Gasteiger partial charge is 0.0693 e. The highest BCUT2D eigenvalue weighted by Crippen LogP contribution is 2.18. The van der Waals surface area contributed by atoms with E-state index in [2.05, 4.69) is 15.9 Å². The van der Waals surface area contributed by atoms with Crippen molar-refractivity contribution in [3.63, 3.8) is 0 Å². The van der Waals surface area contributed by atoms with Crippen LogP contribution in [0.25, 0.3) is 0 Å². The lowest BCUT2D eigenvalue weighted by molar-refractivity contribution is 0.281. The van der Waals surface area contributed by atoms with Gasteiger partial charge in [0.1, 0.15) is 0 Å². The summed E-state index contributed by atoms with van der Waals surface area (Å²) in [5, 5.41) is 8.76. The molecule has 11 heavy (non-hydrogen) atoms. The first-order valence-corrected chi connectivity index (χ1v) is 3.68. The summed E-state index contributed by atoms with van der Waals surface area (Å²) in [6, 6.07) is 5.34. The van der Waals surface area contributed by atoms with Gasteiger partial charge in [-0.3, -0.25) is 0 Å². The summed E-state index contributed by atoms with van der Waals surface area (Å²) in [5.74, 6) is 0. The normalized spacial score (nSPS) is 8.91. The highest BCUT2D eigenvalue weighted by atomic mass is 79.9. The van der Waals surface area contributed by atoms with Crippen molar-refractivity contribution in [1.29, 1.82) is 0 Å². The Morgan fingerprint density at radius 3 is 2.55 bits per heavy atom. The van der Waals surface area contributed by atoms with Crippen LogP contribution in [-0.2, 0) is 6.61 Å². The highest BCUT2D eigenvalue weighted by Gasteiger charge is 1.96. The fourth-order valence-electron chi connectivity index (χ4n) is 0.716. The predicted molar refractivity (Wildman–Crippen MR) is 54.8 cm³/mol. The number of aliphatic hydroxyl groups is 1.